The molecule has 2 N–H and O–H groups in total. The Balaban J connectivity index is 1.87. The Hall–Kier alpha value is -3.88. The van der Waals surface area contributed by atoms with Crippen LogP contribution >= 0.6 is 0 Å². The molecule has 0 heterocycles. The fraction of sp³-hybridized carbons (Fsp3) is 0.167. The lowest BCUT2D eigenvalue weighted by Gasteiger charge is -2.15. The van der Waals surface area contributed by atoms with Gasteiger partial charge in [0.05, 0.1) is 23.4 Å². The van der Waals surface area contributed by atoms with Crippen LogP contribution in [0.3, 0.4) is 0 Å². The molecule has 33 heavy (non-hydrogen) atoms. The summed E-state index contributed by atoms with van der Waals surface area (Å²) in [5.74, 6) is -2.03. The number of anilines is 2. The maximum absolute atomic E-state index is 13.9. The normalized spacial score (nSPS) is 11.1. The third kappa shape index (κ3) is 5.68. The molecule has 0 unspecified atom stereocenters. The monoisotopic (exact) mass is 460 g/mol. The number of hydrogen-bond acceptors (Lipinski definition) is 3. The number of halogens is 4. The van der Waals surface area contributed by atoms with E-state index in [0.29, 0.717) is 5.56 Å². The topological polar surface area (TPSA) is 67.4 Å². The highest BCUT2D eigenvalue weighted by molar-refractivity contribution is 6.08. The average Bonchev–Trinajstić information content (AvgIpc) is 2.76. The van der Waals surface area contributed by atoms with Gasteiger partial charge in [0, 0.05) is 11.3 Å². The Morgan fingerprint density at radius 3 is 2.27 bits per heavy atom. The van der Waals surface area contributed by atoms with E-state index in [2.05, 4.69) is 10.6 Å². The van der Waals surface area contributed by atoms with Crippen molar-refractivity contribution in [3.05, 3.63) is 88.7 Å². The molecule has 3 aromatic carbocycles. The summed E-state index contributed by atoms with van der Waals surface area (Å²) in [5.41, 5.74) is -0.325. The Kier molecular flexibility index (Phi) is 7.01. The van der Waals surface area contributed by atoms with Gasteiger partial charge in [-0.05, 0) is 61.9 Å². The van der Waals surface area contributed by atoms with E-state index in [1.807, 2.05) is 0 Å². The van der Waals surface area contributed by atoms with Crippen LogP contribution in [0.15, 0.2) is 60.7 Å². The molecule has 0 aliphatic carbocycles. The average molecular weight is 460 g/mol. The Morgan fingerprint density at radius 2 is 1.61 bits per heavy atom. The van der Waals surface area contributed by atoms with Crippen molar-refractivity contribution in [2.75, 3.05) is 17.2 Å². The molecule has 0 spiro atoms. The lowest BCUT2D eigenvalue weighted by Crippen LogP contribution is -2.17. The van der Waals surface area contributed by atoms with Crippen LogP contribution < -0.4 is 15.4 Å². The summed E-state index contributed by atoms with van der Waals surface area (Å²) in [4.78, 5) is 25.2. The number of carbonyl (C=O) groups is 2. The van der Waals surface area contributed by atoms with E-state index in [1.165, 1.54) is 30.3 Å². The summed E-state index contributed by atoms with van der Waals surface area (Å²) in [5, 5.41) is 4.98. The first-order valence-electron chi connectivity index (χ1n) is 9.92. The van der Waals surface area contributed by atoms with Crippen molar-refractivity contribution in [1.29, 1.82) is 0 Å². The molecule has 0 saturated heterocycles. The minimum Gasteiger partial charge on any atom is -0.492 e. The van der Waals surface area contributed by atoms with Gasteiger partial charge in [0.15, 0.2) is 0 Å². The van der Waals surface area contributed by atoms with E-state index in [4.69, 9.17) is 4.74 Å². The van der Waals surface area contributed by atoms with Crippen molar-refractivity contribution in [1.82, 2.24) is 0 Å². The van der Waals surface area contributed by atoms with Gasteiger partial charge in [-0.1, -0.05) is 18.2 Å². The summed E-state index contributed by atoms with van der Waals surface area (Å²) in [6.45, 7) is 3.53. The van der Waals surface area contributed by atoms with Gasteiger partial charge in [0.1, 0.15) is 11.6 Å². The second kappa shape index (κ2) is 9.72. The first-order valence-corrected chi connectivity index (χ1v) is 9.92. The Bertz CT molecular complexity index is 1190. The molecular weight excluding hydrogens is 440 g/mol. The molecule has 3 aromatic rings. The molecule has 0 fully saturated rings. The molecule has 172 valence electrons. The van der Waals surface area contributed by atoms with Gasteiger partial charge in [-0.2, -0.15) is 13.2 Å². The first-order chi connectivity index (χ1) is 15.6. The minimum atomic E-state index is -4.60. The van der Waals surface area contributed by atoms with E-state index in [0.717, 1.165) is 24.3 Å². The number of carbonyl (C=O) groups excluding carboxylic acids is 2. The molecule has 0 saturated carbocycles. The lowest BCUT2D eigenvalue weighted by molar-refractivity contribution is -0.137. The Morgan fingerprint density at radius 1 is 0.909 bits per heavy atom. The van der Waals surface area contributed by atoms with Crippen molar-refractivity contribution in [2.45, 2.75) is 20.0 Å². The highest BCUT2D eigenvalue weighted by Crippen LogP contribution is 2.35. The molecule has 0 aromatic heterocycles. The summed E-state index contributed by atoms with van der Waals surface area (Å²) in [6, 6.07) is 12.6. The SMILES string of the molecule is CCOc1ccc(C(F)(F)F)cc1NC(=O)c1ccc(C)c(NC(=O)c2ccccc2F)c1. The number of amides is 2. The predicted octanol–water partition coefficient (Wildman–Crippen LogP) is 6.06. The van der Waals surface area contributed by atoms with Crippen LogP contribution in [0, 0.1) is 12.7 Å². The zero-order valence-corrected chi connectivity index (χ0v) is 17.7. The Labute approximate surface area is 187 Å². The van der Waals surface area contributed by atoms with Crippen LogP contribution in [0.4, 0.5) is 28.9 Å². The number of aryl methyl sites for hydroxylation is 1. The lowest BCUT2D eigenvalue weighted by atomic mass is 10.1. The van der Waals surface area contributed by atoms with Crippen LogP contribution in [0.2, 0.25) is 0 Å². The van der Waals surface area contributed by atoms with E-state index in [9.17, 15) is 27.2 Å². The van der Waals surface area contributed by atoms with Crippen molar-refractivity contribution in [3.63, 3.8) is 0 Å². The zero-order chi connectivity index (χ0) is 24.2. The highest BCUT2D eigenvalue weighted by Gasteiger charge is 2.31. The third-order valence-electron chi connectivity index (χ3n) is 4.72. The zero-order valence-electron chi connectivity index (χ0n) is 17.7. The van der Waals surface area contributed by atoms with Gasteiger partial charge in [-0.25, -0.2) is 4.39 Å². The molecule has 0 bridgehead atoms. The molecule has 0 aliphatic heterocycles. The maximum atomic E-state index is 13.9. The van der Waals surface area contributed by atoms with Crippen LogP contribution in [-0.2, 0) is 6.18 Å². The fourth-order valence-electron chi connectivity index (χ4n) is 3.01. The molecular formula is C24H20F4N2O3. The molecule has 2 amide bonds. The van der Waals surface area contributed by atoms with Crippen molar-refractivity contribution in [3.8, 4) is 5.75 Å². The minimum absolute atomic E-state index is 0.0734. The van der Waals surface area contributed by atoms with Gasteiger partial charge in [0.2, 0.25) is 0 Å². The van der Waals surface area contributed by atoms with E-state index in [-0.39, 0.29) is 34.9 Å². The molecule has 5 nitrogen and oxygen atoms in total. The maximum Gasteiger partial charge on any atom is 0.416 e. The second-order valence-corrected chi connectivity index (χ2v) is 7.06. The van der Waals surface area contributed by atoms with Crippen molar-refractivity contribution < 1.29 is 31.9 Å². The van der Waals surface area contributed by atoms with E-state index < -0.39 is 29.4 Å². The number of benzene rings is 3. The van der Waals surface area contributed by atoms with Crippen molar-refractivity contribution in [2.24, 2.45) is 0 Å². The molecule has 0 radical (unpaired) electrons. The van der Waals surface area contributed by atoms with Gasteiger partial charge in [-0.15, -0.1) is 0 Å². The number of alkyl halides is 3. The third-order valence-corrected chi connectivity index (χ3v) is 4.72. The predicted molar refractivity (Wildman–Crippen MR) is 116 cm³/mol. The number of hydrogen-bond donors (Lipinski definition) is 2. The van der Waals surface area contributed by atoms with Gasteiger partial charge in [0.25, 0.3) is 11.8 Å². The standard InChI is InChI=1S/C24H20F4N2O3/c1-3-33-21-11-10-16(24(26,27)28)13-20(21)30-22(31)15-9-8-14(2)19(12-15)29-23(32)17-6-4-5-7-18(17)25/h4-13H,3H2,1-2H3,(H,29,32)(H,30,31). The number of nitrogens with one attached hydrogen (secondary N) is 2. The molecule has 0 atom stereocenters. The molecule has 9 heteroatoms. The first kappa shape index (κ1) is 23.8. The van der Waals surface area contributed by atoms with Crippen LogP contribution in [-0.4, -0.2) is 18.4 Å². The molecule has 0 aliphatic rings. The number of rotatable bonds is 6. The van der Waals surface area contributed by atoms with Gasteiger partial charge < -0.3 is 15.4 Å². The summed E-state index contributed by atoms with van der Waals surface area (Å²) < 4.78 is 58.6. The van der Waals surface area contributed by atoms with Gasteiger partial charge >= 0.3 is 6.18 Å². The van der Waals surface area contributed by atoms with E-state index in [1.54, 1.807) is 19.9 Å². The second-order valence-electron chi connectivity index (χ2n) is 7.06. The highest BCUT2D eigenvalue weighted by atomic mass is 19.4. The van der Waals surface area contributed by atoms with Crippen LogP contribution in [0.5, 0.6) is 5.75 Å². The van der Waals surface area contributed by atoms with Crippen LogP contribution in [0.1, 0.15) is 38.8 Å². The van der Waals surface area contributed by atoms with Crippen LogP contribution in [0.25, 0.3) is 0 Å². The summed E-state index contributed by atoms with van der Waals surface area (Å²) in [6.07, 6.45) is -4.60. The van der Waals surface area contributed by atoms with Crippen molar-refractivity contribution >= 4 is 23.2 Å². The smallest absolute Gasteiger partial charge is 0.416 e. The van der Waals surface area contributed by atoms with E-state index >= 15 is 0 Å². The summed E-state index contributed by atoms with van der Waals surface area (Å²) in [7, 11) is 0. The largest absolute Gasteiger partial charge is 0.492 e. The quantitative estimate of drug-likeness (QED) is 0.440. The van der Waals surface area contributed by atoms with Gasteiger partial charge in [-0.3, -0.25) is 9.59 Å². The molecule has 3 rings (SSSR count). The number of ether oxygens (including phenoxy) is 1. The fourth-order valence-corrected chi connectivity index (χ4v) is 3.01. The summed E-state index contributed by atoms with van der Waals surface area (Å²) >= 11 is 0.